The Morgan fingerprint density at radius 2 is 1.22 bits per heavy atom. The van der Waals surface area contributed by atoms with E-state index in [0.717, 1.165) is 22.6 Å². The van der Waals surface area contributed by atoms with Crippen LogP contribution in [0.4, 0.5) is 17.1 Å². The third-order valence-electron chi connectivity index (χ3n) is 5.47. The Balaban J connectivity index is 1.19. The molecule has 0 radical (unpaired) electrons. The van der Waals surface area contributed by atoms with E-state index in [0.29, 0.717) is 30.8 Å². The zero-order chi connectivity index (χ0) is 25.0. The molecule has 2 amide bonds. The second kappa shape index (κ2) is 12.8. The first-order valence-electron chi connectivity index (χ1n) is 11.9. The van der Waals surface area contributed by atoms with Crippen molar-refractivity contribution in [3.05, 3.63) is 120 Å². The van der Waals surface area contributed by atoms with Gasteiger partial charge in [-0.15, -0.1) is 0 Å². The normalized spacial score (nSPS) is 10.3. The summed E-state index contributed by atoms with van der Waals surface area (Å²) in [5.74, 6) is 0.505. The van der Waals surface area contributed by atoms with Crippen LogP contribution in [-0.2, 0) is 22.6 Å². The predicted octanol–water partition coefficient (Wildman–Crippen LogP) is 5.89. The molecule has 0 heterocycles. The highest BCUT2D eigenvalue weighted by Gasteiger charge is 2.06. The van der Waals surface area contributed by atoms with Crippen molar-refractivity contribution in [2.45, 2.75) is 19.4 Å². The van der Waals surface area contributed by atoms with Gasteiger partial charge in [0.25, 0.3) is 0 Å². The third kappa shape index (κ3) is 8.02. The van der Waals surface area contributed by atoms with Gasteiger partial charge in [-0.3, -0.25) is 9.59 Å². The van der Waals surface area contributed by atoms with E-state index in [1.807, 2.05) is 84.9 Å². The molecule has 182 valence electrons. The first-order chi connectivity index (χ1) is 17.6. The zero-order valence-corrected chi connectivity index (χ0v) is 19.9. The molecule has 0 spiro atoms. The molecule has 6 nitrogen and oxygen atoms in total. The summed E-state index contributed by atoms with van der Waals surface area (Å²) < 4.78 is 5.84. The molecule has 0 fully saturated rings. The Morgan fingerprint density at radius 3 is 1.89 bits per heavy atom. The van der Waals surface area contributed by atoms with Crippen LogP contribution < -0.4 is 20.7 Å². The van der Waals surface area contributed by atoms with Gasteiger partial charge in [-0.2, -0.15) is 0 Å². The van der Waals surface area contributed by atoms with E-state index in [2.05, 4.69) is 16.0 Å². The lowest BCUT2D eigenvalue weighted by atomic mass is 10.1. The minimum absolute atomic E-state index is 0.0465. The predicted molar refractivity (Wildman–Crippen MR) is 144 cm³/mol. The summed E-state index contributed by atoms with van der Waals surface area (Å²) in [5.41, 5.74) is 4.36. The number of ether oxygens (including phenoxy) is 1. The van der Waals surface area contributed by atoms with Crippen molar-refractivity contribution >= 4 is 28.9 Å². The second-order valence-corrected chi connectivity index (χ2v) is 8.31. The summed E-state index contributed by atoms with van der Waals surface area (Å²) in [6.07, 6.45) is 1.10. The summed E-state index contributed by atoms with van der Waals surface area (Å²) in [4.78, 5) is 24.6. The Kier molecular flexibility index (Phi) is 8.70. The molecule has 0 unspecified atom stereocenters. The number of amides is 2. The molecule has 0 atom stereocenters. The molecule has 4 aromatic carbocycles. The fraction of sp³-hybridized carbons (Fsp3) is 0.133. The van der Waals surface area contributed by atoms with E-state index >= 15 is 0 Å². The number of nitrogens with one attached hydrogen (secondary N) is 3. The molecule has 4 aromatic rings. The van der Waals surface area contributed by atoms with Crippen molar-refractivity contribution < 1.29 is 14.3 Å². The smallest absolute Gasteiger partial charge is 0.243 e. The molecule has 0 aliphatic heterocycles. The lowest BCUT2D eigenvalue weighted by molar-refractivity contribution is -0.116. The number of benzene rings is 4. The van der Waals surface area contributed by atoms with Crippen LogP contribution in [0.5, 0.6) is 5.75 Å². The highest BCUT2D eigenvalue weighted by Crippen LogP contribution is 2.19. The van der Waals surface area contributed by atoms with E-state index in [9.17, 15) is 9.59 Å². The number of rotatable bonds is 11. The quantitative estimate of drug-likeness (QED) is 0.251. The van der Waals surface area contributed by atoms with E-state index in [4.69, 9.17) is 4.74 Å². The van der Waals surface area contributed by atoms with E-state index < -0.39 is 0 Å². The van der Waals surface area contributed by atoms with Gasteiger partial charge in [0.05, 0.1) is 6.54 Å². The number of hydrogen-bond donors (Lipinski definition) is 3. The Morgan fingerprint density at radius 1 is 0.611 bits per heavy atom. The number of hydrogen-bond acceptors (Lipinski definition) is 4. The summed E-state index contributed by atoms with van der Waals surface area (Å²) in [5, 5.41) is 8.86. The fourth-order valence-electron chi connectivity index (χ4n) is 3.59. The Labute approximate surface area is 211 Å². The van der Waals surface area contributed by atoms with Gasteiger partial charge in [0, 0.05) is 29.5 Å². The first kappa shape index (κ1) is 24.5. The number of aryl methyl sites for hydroxylation is 1. The van der Waals surface area contributed by atoms with Crippen LogP contribution in [0.25, 0.3) is 0 Å². The average molecular weight is 480 g/mol. The maximum absolute atomic E-state index is 12.4. The highest BCUT2D eigenvalue weighted by atomic mass is 16.5. The summed E-state index contributed by atoms with van der Waals surface area (Å²) >= 11 is 0. The molecule has 0 aliphatic rings. The van der Waals surface area contributed by atoms with Gasteiger partial charge in [-0.05, 0) is 53.9 Å². The van der Waals surface area contributed by atoms with Crippen molar-refractivity contribution in [2.24, 2.45) is 0 Å². The highest BCUT2D eigenvalue weighted by molar-refractivity contribution is 5.94. The van der Waals surface area contributed by atoms with Gasteiger partial charge in [-0.25, -0.2) is 0 Å². The van der Waals surface area contributed by atoms with Gasteiger partial charge >= 0.3 is 0 Å². The minimum Gasteiger partial charge on any atom is -0.489 e. The summed E-state index contributed by atoms with van der Waals surface area (Å²) in [6.45, 7) is 0.592. The SMILES string of the molecule is O=C(CCc1ccccc1)Nc1ccc(NC(=O)CNc2cccc(OCc3ccccc3)c2)cc1. The van der Waals surface area contributed by atoms with Crippen molar-refractivity contribution in [3.8, 4) is 5.75 Å². The molecule has 4 rings (SSSR count). The lowest BCUT2D eigenvalue weighted by Crippen LogP contribution is -2.21. The third-order valence-corrected chi connectivity index (χ3v) is 5.47. The monoisotopic (exact) mass is 479 g/mol. The van der Waals surface area contributed by atoms with Crippen LogP contribution >= 0.6 is 0 Å². The molecule has 0 bridgehead atoms. The van der Waals surface area contributed by atoms with Crippen molar-refractivity contribution in [1.29, 1.82) is 0 Å². The van der Waals surface area contributed by atoms with Crippen LogP contribution in [0.15, 0.2) is 109 Å². The standard InChI is InChI=1S/C30H29N3O3/c34-29(19-14-23-8-3-1-4-9-23)32-25-15-17-26(18-16-25)33-30(35)21-31-27-12-7-13-28(20-27)36-22-24-10-5-2-6-11-24/h1-13,15-18,20,31H,14,19,21-22H2,(H,32,34)(H,33,35). The van der Waals surface area contributed by atoms with Crippen LogP contribution in [-0.4, -0.2) is 18.4 Å². The maximum atomic E-state index is 12.4. The fourth-order valence-corrected chi connectivity index (χ4v) is 3.59. The summed E-state index contributed by atoms with van der Waals surface area (Å²) in [6, 6.07) is 34.5. The van der Waals surface area contributed by atoms with Crippen LogP contribution in [0.3, 0.4) is 0 Å². The average Bonchev–Trinajstić information content (AvgIpc) is 2.92. The van der Waals surface area contributed by atoms with Crippen LogP contribution in [0.1, 0.15) is 17.5 Å². The van der Waals surface area contributed by atoms with Crippen molar-refractivity contribution in [1.82, 2.24) is 0 Å². The molecule has 0 saturated carbocycles. The van der Waals surface area contributed by atoms with Gasteiger partial charge in [0.15, 0.2) is 0 Å². The largest absolute Gasteiger partial charge is 0.489 e. The van der Waals surface area contributed by atoms with Gasteiger partial charge in [0.1, 0.15) is 12.4 Å². The summed E-state index contributed by atoms with van der Waals surface area (Å²) in [7, 11) is 0. The van der Waals surface area contributed by atoms with E-state index in [-0.39, 0.29) is 18.4 Å². The van der Waals surface area contributed by atoms with Gasteiger partial charge in [0.2, 0.25) is 11.8 Å². The molecule has 0 saturated heterocycles. The molecule has 36 heavy (non-hydrogen) atoms. The van der Waals surface area contributed by atoms with Gasteiger partial charge in [-0.1, -0.05) is 66.7 Å². The van der Waals surface area contributed by atoms with Crippen molar-refractivity contribution in [3.63, 3.8) is 0 Å². The van der Waals surface area contributed by atoms with E-state index in [1.54, 1.807) is 24.3 Å². The minimum atomic E-state index is -0.176. The molecule has 6 heteroatoms. The molecule has 0 aliphatic carbocycles. The zero-order valence-electron chi connectivity index (χ0n) is 19.9. The molecular weight excluding hydrogens is 450 g/mol. The molecular formula is C30H29N3O3. The lowest BCUT2D eigenvalue weighted by Gasteiger charge is -2.11. The van der Waals surface area contributed by atoms with Crippen LogP contribution in [0, 0.1) is 0 Å². The Hall–Kier alpha value is -4.58. The topological polar surface area (TPSA) is 79.5 Å². The molecule has 3 N–H and O–H groups in total. The number of anilines is 3. The first-order valence-corrected chi connectivity index (χ1v) is 11.9. The van der Waals surface area contributed by atoms with Gasteiger partial charge < -0.3 is 20.7 Å². The van der Waals surface area contributed by atoms with Crippen LogP contribution in [0.2, 0.25) is 0 Å². The molecule has 0 aromatic heterocycles. The Bertz CT molecular complexity index is 1260. The second-order valence-electron chi connectivity index (χ2n) is 8.31. The maximum Gasteiger partial charge on any atom is 0.243 e. The van der Waals surface area contributed by atoms with Crippen molar-refractivity contribution in [2.75, 3.05) is 22.5 Å². The number of carbonyl (C=O) groups excluding carboxylic acids is 2. The number of carbonyl (C=O) groups is 2. The van der Waals surface area contributed by atoms with E-state index in [1.165, 1.54) is 0 Å².